The Bertz CT molecular complexity index is 1850. The Labute approximate surface area is 239 Å². The Balaban J connectivity index is 1.43. The third-order valence-electron chi connectivity index (χ3n) is 7.69. The molecule has 1 aliphatic rings. The summed E-state index contributed by atoms with van der Waals surface area (Å²) in [5.41, 5.74) is 1.51. The number of aryl methyl sites for hydroxylation is 1. The zero-order valence-electron chi connectivity index (χ0n) is 23.0. The van der Waals surface area contributed by atoms with Crippen LogP contribution in [0.25, 0.3) is 16.6 Å². The number of anilines is 2. The highest BCUT2D eigenvalue weighted by molar-refractivity contribution is 5.94. The molecule has 0 amide bonds. The van der Waals surface area contributed by atoms with E-state index in [0.29, 0.717) is 31.9 Å². The summed E-state index contributed by atoms with van der Waals surface area (Å²) in [4.78, 5) is 32.8. The number of benzene rings is 3. The second-order valence-electron chi connectivity index (χ2n) is 10.6. The Morgan fingerprint density at radius 3 is 2.52 bits per heavy atom. The number of hydrogen-bond donors (Lipinski definition) is 1. The van der Waals surface area contributed by atoms with Crippen LogP contribution in [0.5, 0.6) is 0 Å². The van der Waals surface area contributed by atoms with Gasteiger partial charge in [0.05, 0.1) is 17.4 Å². The van der Waals surface area contributed by atoms with Crippen LogP contribution < -0.4 is 15.2 Å². The van der Waals surface area contributed by atoms with Crippen LogP contribution in [0, 0.1) is 18.6 Å². The van der Waals surface area contributed by atoms with Crippen molar-refractivity contribution >= 4 is 28.2 Å². The second kappa shape index (κ2) is 10.7. The van der Waals surface area contributed by atoms with Gasteiger partial charge >= 0.3 is 5.97 Å². The van der Waals surface area contributed by atoms with Crippen LogP contribution in [0.1, 0.15) is 28.4 Å². The first-order valence-electron chi connectivity index (χ1n) is 13.5. The van der Waals surface area contributed by atoms with E-state index in [9.17, 15) is 14.7 Å². The minimum Gasteiger partial charge on any atom is -0.477 e. The summed E-state index contributed by atoms with van der Waals surface area (Å²) in [5, 5.41) is 13.5. The van der Waals surface area contributed by atoms with E-state index in [0.717, 1.165) is 29.1 Å². The molecule has 42 heavy (non-hydrogen) atoms. The third-order valence-corrected chi connectivity index (χ3v) is 7.69. The van der Waals surface area contributed by atoms with Crippen LogP contribution >= 0.6 is 0 Å². The fourth-order valence-electron chi connectivity index (χ4n) is 5.66. The summed E-state index contributed by atoms with van der Waals surface area (Å²) in [7, 11) is 0. The number of aromatic carboxylic acids is 1. The average Bonchev–Trinajstić information content (AvgIpc) is 3.47. The van der Waals surface area contributed by atoms with E-state index >= 15 is 8.78 Å². The summed E-state index contributed by atoms with van der Waals surface area (Å²) < 4.78 is 35.1. The first-order chi connectivity index (χ1) is 20.2. The van der Waals surface area contributed by atoms with Gasteiger partial charge in [-0.25, -0.2) is 23.2 Å². The van der Waals surface area contributed by atoms with Crippen molar-refractivity contribution in [1.82, 2.24) is 19.3 Å². The van der Waals surface area contributed by atoms with Crippen LogP contribution in [0.2, 0.25) is 0 Å². The molecule has 0 radical (unpaired) electrons. The molecule has 0 saturated carbocycles. The second-order valence-corrected chi connectivity index (χ2v) is 10.6. The molecule has 214 valence electrons. The van der Waals surface area contributed by atoms with Crippen LogP contribution in [0.15, 0.2) is 78.2 Å². The number of halogens is 2. The van der Waals surface area contributed by atoms with Gasteiger partial charge in [-0.05, 0) is 55.3 Å². The number of aromatic nitrogens is 4. The number of nitrogens with zero attached hydrogens (tertiary/aromatic N) is 6. The Morgan fingerprint density at radius 2 is 1.86 bits per heavy atom. The van der Waals surface area contributed by atoms with E-state index in [1.54, 1.807) is 40.2 Å². The lowest BCUT2D eigenvalue weighted by Gasteiger charge is -2.42. The molecule has 1 aliphatic heterocycles. The van der Waals surface area contributed by atoms with Crippen molar-refractivity contribution in [3.05, 3.63) is 112 Å². The van der Waals surface area contributed by atoms with Gasteiger partial charge in [-0.15, -0.1) is 0 Å². The molecule has 9 nitrogen and oxygen atoms in total. The predicted molar refractivity (Wildman–Crippen MR) is 156 cm³/mol. The minimum absolute atomic E-state index is 0.0517. The fourth-order valence-corrected chi connectivity index (χ4v) is 5.66. The molecule has 1 atom stereocenters. The normalized spacial score (nSPS) is 15.4. The lowest BCUT2D eigenvalue weighted by molar-refractivity contribution is 0.0695. The van der Waals surface area contributed by atoms with Crippen molar-refractivity contribution in [2.24, 2.45) is 0 Å². The van der Waals surface area contributed by atoms with E-state index in [1.165, 1.54) is 10.9 Å². The van der Waals surface area contributed by atoms with Gasteiger partial charge in [-0.2, -0.15) is 5.10 Å². The Hall–Kier alpha value is -5.06. The molecular formula is C31H28F2N6O3. The van der Waals surface area contributed by atoms with Crippen molar-refractivity contribution < 1.29 is 18.7 Å². The largest absolute Gasteiger partial charge is 0.477 e. The number of rotatable bonds is 6. The minimum atomic E-state index is -1.48. The van der Waals surface area contributed by atoms with E-state index in [4.69, 9.17) is 0 Å². The number of carboxylic acids is 1. The highest BCUT2D eigenvalue weighted by atomic mass is 19.1. The highest BCUT2D eigenvalue weighted by Gasteiger charge is 2.30. The molecule has 5 aromatic rings. The van der Waals surface area contributed by atoms with Gasteiger partial charge in [0.25, 0.3) is 0 Å². The van der Waals surface area contributed by atoms with Crippen LogP contribution in [0.4, 0.5) is 20.2 Å². The van der Waals surface area contributed by atoms with Crippen LogP contribution in [0.3, 0.4) is 0 Å². The summed E-state index contributed by atoms with van der Waals surface area (Å²) in [6, 6.07) is 16.0. The smallest absolute Gasteiger partial charge is 0.341 e. The highest BCUT2D eigenvalue weighted by Crippen LogP contribution is 2.33. The van der Waals surface area contributed by atoms with Gasteiger partial charge in [0, 0.05) is 43.2 Å². The molecule has 1 N–H and O–H groups in total. The predicted octanol–water partition coefficient (Wildman–Crippen LogP) is 4.63. The maximum absolute atomic E-state index is 16.5. The molecule has 1 saturated heterocycles. The Morgan fingerprint density at radius 1 is 1.07 bits per heavy atom. The molecule has 11 heteroatoms. The molecular weight excluding hydrogens is 542 g/mol. The SMILES string of the molecule is Cc1cccc(N2CCN(c3c(F)cc4c(=O)c(C(=O)O)cn(-c5ccc(Cn6cncn6)cc5)c4c3F)CC2C)c1. The summed E-state index contributed by atoms with van der Waals surface area (Å²) in [6.07, 6.45) is 4.11. The van der Waals surface area contributed by atoms with Crippen molar-refractivity contribution in [2.75, 3.05) is 29.4 Å². The average molecular weight is 571 g/mol. The standard InChI is InChI=1S/C31H28F2N6O3/c1-19-4-3-5-23(12-19)38-11-10-36(14-20(38)2)29-26(32)13-24-28(27(29)33)39(16-25(30(24)40)31(41)42)22-8-6-21(7-9-22)15-37-18-34-17-35-37/h3-9,12-13,16-18,20H,10-11,14-15H2,1-2H3,(H,41,42). The van der Waals surface area contributed by atoms with Crippen LogP contribution in [-0.4, -0.2) is 56.1 Å². The fraction of sp³-hybridized carbons (Fsp3) is 0.226. The monoisotopic (exact) mass is 570 g/mol. The molecule has 3 aromatic carbocycles. The number of pyridine rings is 1. The van der Waals surface area contributed by atoms with Crippen LogP contribution in [-0.2, 0) is 6.54 Å². The van der Waals surface area contributed by atoms with Crippen molar-refractivity contribution in [2.45, 2.75) is 26.4 Å². The molecule has 3 heterocycles. The van der Waals surface area contributed by atoms with Gasteiger partial charge in [0.1, 0.15) is 29.7 Å². The van der Waals surface area contributed by atoms with E-state index in [2.05, 4.69) is 21.0 Å². The zero-order chi connectivity index (χ0) is 29.5. The molecule has 2 aromatic heterocycles. The first-order valence-corrected chi connectivity index (χ1v) is 13.5. The molecule has 0 aliphatic carbocycles. The van der Waals surface area contributed by atoms with Crippen molar-refractivity contribution in [3.8, 4) is 5.69 Å². The molecule has 0 bridgehead atoms. The maximum Gasteiger partial charge on any atom is 0.341 e. The van der Waals surface area contributed by atoms with E-state index in [1.807, 2.05) is 32.0 Å². The molecule has 0 spiro atoms. The molecule has 1 fully saturated rings. The van der Waals surface area contributed by atoms with Gasteiger partial charge < -0.3 is 19.5 Å². The van der Waals surface area contributed by atoms with E-state index < -0.39 is 28.6 Å². The number of fused-ring (bicyclic) bond motifs is 1. The topological polar surface area (TPSA) is 96.5 Å². The number of hydrogen-bond acceptors (Lipinski definition) is 6. The Kier molecular flexibility index (Phi) is 6.93. The number of carboxylic acid groups (broad SMARTS) is 1. The van der Waals surface area contributed by atoms with Crippen molar-refractivity contribution in [1.29, 1.82) is 0 Å². The quantitative estimate of drug-likeness (QED) is 0.318. The number of piperazine rings is 1. The van der Waals surface area contributed by atoms with Crippen molar-refractivity contribution in [3.63, 3.8) is 0 Å². The van der Waals surface area contributed by atoms with E-state index in [-0.39, 0.29) is 22.6 Å². The summed E-state index contributed by atoms with van der Waals surface area (Å²) >= 11 is 0. The lowest BCUT2D eigenvalue weighted by Crippen LogP contribution is -2.52. The third kappa shape index (κ3) is 4.87. The van der Waals surface area contributed by atoms with Gasteiger partial charge in [0.15, 0.2) is 5.82 Å². The van der Waals surface area contributed by atoms with Gasteiger partial charge in [0.2, 0.25) is 5.43 Å². The lowest BCUT2D eigenvalue weighted by atomic mass is 10.1. The van der Waals surface area contributed by atoms with Gasteiger partial charge in [-0.3, -0.25) is 4.79 Å². The zero-order valence-corrected chi connectivity index (χ0v) is 23.0. The number of carbonyl (C=O) groups is 1. The first kappa shape index (κ1) is 27.1. The summed E-state index contributed by atoms with van der Waals surface area (Å²) in [5.74, 6) is -3.31. The summed E-state index contributed by atoms with van der Waals surface area (Å²) in [6.45, 7) is 5.71. The maximum atomic E-state index is 16.5. The van der Waals surface area contributed by atoms with Gasteiger partial charge in [-0.1, -0.05) is 24.3 Å². The molecule has 1 unspecified atom stereocenters. The molecule has 6 rings (SSSR count).